The van der Waals surface area contributed by atoms with Crippen LogP contribution >= 0.6 is 0 Å². The van der Waals surface area contributed by atoms with Crippen LogP contribution in [0.15, 0.2) is 0 Å². The molecule has 1 aliphatic heterocycles. The topological polar surface area (TPSA) is 105 Å². The molecule has 1 amide bonds. The average molecular weight is 300 g/mol. The number of carbonyl (C=O) groups is 3. The molecule has 1 aliphatic rings. The van der Waals surface area contributed by atoms with Crippen molar-refractivity contribution in [3.05, 3.63) is 0 Å². The number of methoxy groups -OCH3 is 1. The molecule has 1 rings (SSSR count). The Morgan fingerprint density at radius 3 is 2.30 bits per heavy atom. The summed E-state index contributed by atoms with van der Waals surface area (Å²) in [5, 5.41) is 12.7. The molecule has 1 fully saturated rings. The molecule has 0 aliphatic carbocycles. The first-order valence-corrected chi connectivity index (χ1v) is 5.56. The van der Waals surface area contributed by atoms with Crippen LogP contribution < -0.4 is 10.6 Å². The summed E-state index contributed by atoms with van der Waals surface area (Å²) < 4.78 is 36.1. The standard InChI is InChI=1S/C8H14N2O3.C2HF3O2/c1-13-7(11)5-10-8(12)6-3-2-4-9-6;3-2(4,5)1(6)7/h6,9H,2-5H2,1H3,(H,10,12);(H,6,7)/t6-;/m0./s1. The lowest BCUT2D eigenvalue weighted by atomic mass is 10.2. The van der Waals surface area contributed by atoms with Gasteiger partial charge in [-0.3, -0.25) is 9.59 Å². The van der Waals surface area contributed by atoms with E-state index < -0.39 is 18.1 Å². The molecular weight excluding hydrogens is 285 g/mol. The summed E-state index contributed by atoms with van der Waals surface area (Å²) in [4.78, 5) is 30.9. The van der Waals surface area contributed by atoms with Crippen LogP contribution in [0.4, 0.5) is 13.2 Å². The summed E-state index contributed by atoms with van der Waals surface area (Å²) in [6.07, 6.45) is -3.23. The number of esters is 1. The summed E-state index contributed by atoms with van der Waals surface area (Å²) in [5.41, 5.74) is 0. The number of halogens is 3. The molecule has 1 heterocycles. The van der Waals surface area contributed by atoms with Crippen LogP contribution in [0.2, 0.25) is 0 Å². The van der Waals surface area contributed by atoms with Gasteiger partial charge in [0.25, 0.3) is 0 Å². The van der Waals surface area contributed by atoms with Gasteiger partial charge in [-0.25, -0.2) is 4.79 Å². The van der Waals surface area contributed by atoms with Gasteiger partial charge in [0.2, 0.25) is 5.91 Å². The minimum absolute atomic E-state index is 0.0481. The number of carbonyl (C=O) groups excluding carboxylic acids is 2. The molecule has 10 heteroatoms. The number of nitrogens with one attached hydrogen (secondary N) is 2. The third-order valence-corrected chi connectivity index (χ3v) is 2.25. The van der Waals surface area contributed by atoms with E-state index in [4.69, 9.17) is 9.90 Å². The van der Waals surface area contributed by atoms with Gasteiger partial charge >= 0.3 is 18.1 Å². The molecule has 0 radical (unpaired) electrons. The monoisotopic (exact) mass is 300 g/mol. The summed E-state index contributed by atoms with van der Waals surface area (Å²) >= 11 is 0. The van der Waals surface area contributed by atoms with Crippen LogP contribution in [-0.2, 0) is 19.1 Å². The van der Waals surface area contributed by atoms with Gasteiger partial charge in [-0.2, -0.15) is 13.2 Å². The first-order chi connectivity index (χ1) is 9.18. The molecule has 0 saturated carbocycles. The van der Waals surface area contributed by atoms with Crippen molar-refractivity contribution in [2.45, 2.75) is 25.1 Å². The molecule has 1 saturated heterocycles. The molecule has 3 N–H and O–H groups in total. The Labute approximate surface area is 112 Å². The van der Waals surface area contributed by atoms with Gasteiger partial charge in [0, 0.05) is 0 Å². The molecule has 7 nitrogen and oxygen atoms in total. The maximum absolute atomic E-state index is 11.3. The number of aliphatic carboxylic acids is 1. The minimum Gasteiger partial charge on any atom is -0.475 e. The third-order valence-electron chi connectivity index (χ3n) is 2.25. The smallest absolute Gasteiger partial charge is 0.475 e. The lowest BCUT2D eigenvalue weighted by molar-refractivity contribution is -0.192. The lowest BCUT2D eigenvalue weighted by Crippen LogP contribution is -2.42. The largest absolute Gasteiger partial charge is 0.490 e. The first-order valence-electron chi connectivity index (χ1n) is 5.56. The van der Waals surface area contributed by atoms with Crippen LogP contribution in [-0.4, -0.2) is 55.4 Å². The molecule has 0 aromatic heterocycles. The lowest BCUT2D eigenvalue weighted by Gasteiger charge is -2.09. The molecule has 0 bridgehead atoms. The van der Waals surface area contributed by atoms with Gasteiger partial charge in [0.15, 0.2) is 0 Å². The summed E-state index contributed by atoms with van der Waals surface area (Å²) in [6, 6.07) is -0.135. The van der Waals surface area contributed by atoms with Gasteiger partial charge in [-0.1, -0.05) is 0 Å². The van der Waals surface area contributed by atoms with E-state index >= 15 is 0 Å². The van der Waals surface area contributed by atoms with Crippen molar-refractivity contribution >= 4 is 17.8 Å². The van der Waals surface area contributed by atoms with Crippen LogP contribution in [0.5, 0.6) is 0 Å². The fourth-order valence-corrected chi connectivity index (χ4v) is 1.26. The van der Waals surface area contributed by atoms with Crippen molar-refractivity contribution in [2.75, 3.05) is 20.2 Å². The van der Waals surface area contributed by atoms with Crippen LogP contribution in [0.25, 0.3) is 0 Å². The van der Waals surface area contributed by atoms with E-state index in [1.54, 1.807) is 0 Å². The second-order valence-electron chi connectivity index (χ2n) is 3.75. The Balaban J connectivity index is 0.000000441. The van der Waals surface area contributed by atoms with Crippen molar-refractivity contribution in [3.8, 4) is 0 Å². The van der Waals surface area contributed by atoms with Crippen LogP contribution in [0, 0.1) is 0 Å². The van der Waals surface area contributed by atoms with E-state index in [1.165, 1.54) is 7.11 Å². The highest BCUT2D eigenvalue weighted by Crippen LogP contribution is 2.13. The number of amides is 1. The number of ether oxygens (including phenoxy) is 1. The Morgan fingerprint density at radius 1 is 1.40 bits per heavy atom. The zero-order chi connectivity index (χ0) is 15.8. The Bertz CT molecular complexity index is 353. The first kappa shape index (κ1) is 18.2. The van der Waals surface area contributed by atoms with E-state index in [0.29, 0.717) is 0 Å². The Morgan fingerprint density at radius 2 is 1.95 bits per heavy atom. The van der Waals surface area contributed by atoms with E-state index in [9.17, 15) is 22.8 Å². The van der Waals surface area contributed by atoms with Crippen molar-refractivity contribution in [1.29, 1.82) is 0 Å². The molecule has 20 heavy (non-hydrogen) atoms. The molecule has 0 aromatic carbocycles. The van der Waals surface area contributed by atoms with Crippen molar-refractivity contribution < 1.29 is 37.4 Å². The van der Waals surface area contributed by atoms with Gasteiger partial charge < -0.3 is 20.5 Å². The van der Waals surface area contributed by atoms with Gasteiger partial charge in [-0.15, -0.1) is 0 Å². The number of alkyl halides is 3. The number of carboxylic acid groups (broad SMARTS) is 1. The van der Waals surface area contributed by atoms with Crippen molar-refractivity contribution in [1.82, 2.24) is 10.6 Å². The molecule has 0 spiro atoms. The minimum atomic E-state index is -5.08. The zero-order valence-electron chi connectivity index (χ0n) is 10.6. The molecule has 0 unspecified atom stereocenters. The van der Waals surface area contributed by atoms with Gasteiger partial charge in [0.1, 0.15) is 6.54 Å². The third kappa shape index (κ3) is 7.56. The van der Waals surface area contributed by atoms with E-state index in [0.717, 1.165) is 19.4 Å². The fraction of sp³-hybridized carbons (Fsp3) is 0.700. The highest BCUT2D eigenvalue weighted by atomic mass is 19.4. The predicted octanol–water partition coefficient (Wildman–Crippen LogP) is -0.339. The SMILES string of the molecule is COC(=O)CNC(=O)[C@@H]1CCCN1.O=C(O)C(F)(F)F. The van der Waals surface area contributed by atoms with Crippen molar-refractivity contribution in [3.63, 3.8) is 0 Å². The maximum Gasteiger partial charge on any atom is 0.490 e. The van der Waals surface area contributed by atoms with E-state index in [-0.39, 0.29) is 18.5 Å². The normalized spacial score (nSPS) is 17.7. The zero-order valence-corrected chi connectivity index (χ0v) is 10.6. The molecule has 116 valence electrons. The van der Waals surface area contributed by atoms with Gasteiger partial charge in [-0.05, 0) is 19.4 Å². The average Bonchev–Trinajstić information content (AvgIpc) is 2.88. The quantitative estimate of drug-likeness (QED) is 0.616. The summed E-state index contributed by atoms with van der Waals surface area (Å²) in [5.74, 6) is -3.30. The van der Waals surface area contributed by atoms with Crippen LogP contribution in [0.3, 0.4) is 0 Å². The second-order valence-corrected chi connectivity index (χ2v) is 3.75. The highest BCUT2D eigenvalue weighted by Gasteiger charge is 2.38. The highest BCUT2D eigenvalue weighted by molar-refractivity contribution is 5.85. The Kier molecular flexibility index (Phi) is 7.59. The van der Waals surface area contributed by atoms with Gasteiger partial charge in [0.05, 0.1) is 13.2 Å². The second kappa shape index (κ2) is 8.35. The van der Waals surface area contributed by atoms with E-state index in [1.807, 2.05) is 0 Å². The van der Waals surface area contributed by atoms with Crippen molar-refractivity contribution in [2.24, 2.45) is 0 Å². The Hall–Kier alpha value is -1.84. The predicted molar refractivity (Wildman–Crippen MR) is 59.7 cm³/mol. The summed E-state index contributed by atoms with van der Waals surface area (Å²) in [6.45, 7) is 0.823. The maximum atomic E-state index is 11.3. The number of hydrogen-bond donors (Lipinski definition) is 3. The molecule has 1 atom stereocenters. The fourth-order valence-electron chi connectivity index (χ4n) is 1.26. The van der Waals surface area contributed by atoms with E-state index in [2.05, 4.69) is 15.4 Å². The number of carboxylic acids is 1. The molecule has 0 aromatic rings. The van der Waals surface area contributed by atoms with Crippen LogP contribution in [0.1, 0.15) is 12.8 Å². The number of rotatable bonds is 3. The molecular formula is C10H15F3N2O5. The number of hydrogen-bond acceptors (Lipinski definition) is 5. The summed E-state index contributed by atoms with van der Waals surface area (Å²) in [7, 11) is 1.29.